The van der Waals surface area contributed by atoms with Crippen LogP contribution < -0.4 is 5.32 Å². The van der Waals surface area contributed by atoms with Crippen molar-refractivity contribution < 1.29 is 0 Å². The Bertz CT molecular complexity index is 420. The van der Waals surface area contributed by atoms with Gasteiger partial charge in [0.1, 0.15) is 0 Å². The standard InChI is InChI=1S/C19H29N/c1-2-20-18(12-15-8-4-3-5-9-15)14-17-13-16-10-6-7-11-19(16)17/h6-7,10-11,15,17-18,20H,2-5,8-9,12-14H2,1H3. The highest BCUT2D eigenvalue weighted by Crippen LogP contribution is 2.39. The minimum absolute atomic E-state index is 0.737. The fraction of sp³-hybridized carbons (Fsp3) is 0.684. The third-order valence-electron chi connectivity index (χ3n) is 5.37. The van der Waals surface area contributed by atoms with Crippen molar-refractivity contribution in [2.75, 3.05) is 6.54 Å². The van der Waals surface area contributed by atoms with E-state index in [1.54, 1.807) is 11.1 Å². The van der Waals surface area contributed by atoms with Gasteiger partial charge in [0.15, 0.2) is 0 Å². The summed E-state index contributed by atoms with van der Waals surface area (Å²) in [5, 5.41) is 3.76. The van der Waals surface area contributed by atoms with E-state index in [0.717, 1.165) is 24.4 Å². The largest absolute Gasteiger partial charge is 0.314 e. The maximum Gasteiger partial charge on any atom is 0.00755 e. The molecule has 0 aromatic heterocycles. The van der Waals surface area contributed by atoms with Gasteiger partial charge in [-0.3, -0.25) is 0 Å². The normalized spacial score (nSPS) is 23.9. The van der Waals surface area contributed by atoms with Gasteiger partial charge in [0, 0.05) is 6.04 Å². The van der Waals surface area contributed by atoms with E-state index in [-0.39, 0.29) is 0 Å². The van der Waals surface area contributed by atoms with Crippen molar-refractivity contribution >= 4 is 0 Å². The summed E-state index contributed by atoms with van der Waals surface area (Å²) in [5.74, 6) is 1.81. The molecule has 0 bridgehead atoms. The molecule has 1 nitrogen and oxygen atoms in total. The summed E-state index contributed by atoms with van der Waals surface area (Å²) in [6.45, 7) is 3.37. The number of benzene rings is 1. The number of hydrogen-bond donors (Lipinski definition) is 1. The van der Waals surface area contributed by atoms with Crippen LogP contribution in [-0.4, -0.2) is 12.6 Å². The Balaban J connectivity index is 1.55. The summed E-state index contributed by atoms with van der Waals surface area (Å²) in [6.07, 6.45) is 11.4. The molecule has 1 fully saturated rings. The average molecular weight is 271 g/mol. The molecule has 0 heterocycles. The summed E-state index contributed by atoms with van der Waals surface area (Å²) in [7, 11) is 0. The van der Waals surface area contributed by atoms with Crippen molar-refractivity contribution in [1.82, 2.24) is 5.32 Å². The van der Waals surface area contributed by atoms with Crippen LogP contribution in [0.25, 0.3) is 0 Å². The lowest BCUT2D eigenvalue weighted by atomic mass is 9.73. The lowest BCUT2D eigenvalue weighted by Crippen LogP contribution is -2.35. The van der Waals surface area contributed by atoms with Gasteiger partial charge in [0.25, 0.3) is 0 Å². The molecule has 110 valence electrons. The minimum Gasteiger partial charge on any atom is -0.314 e. The number of fused-ring (bicyclic) bond motifs is 1. The van der Waals surface area contributed by atoms with Crippen molar-refractivity contribution in [3.05, 3.63) is 35.4 Å². The highest BCUT2D eigenvalue weighted by molar-refractivity contribution is 5.39. The highest BCUT2D eigenvalue weighted by Gasteiger charge is 2.29. The van der Waals surface area contributed by atoms with Gasteiger partial charge < -0.3 is 5.32 Å². The Hall–Kier alpha value is -0.820. The molecular weight excluding hydrogens is 242 g/mol. The zero-order valence-corrected chi connectivity index (χ0v) is 12.9. The van der Waals surface area contributed by atoms with Gasteiger partial charge in [-0.2, -0.15) is 0 Å². The van der Waals surface area contributed by atoms with E-state index in [9.17, 15) is 0 Å². The second-order valence-corrected chi connectivity index (χ2v) is 6.83. The van der Waals surface area contributed by atoms with Gasteiger partial charge in [-0.05, 0) is 48.8 Å². The zero-order valence-electron chi connectivity index (χ0n) is 12.9. The summed E-state index contributed by atoms with van der Waals surface area (Å²) < 4.78 is 0. The van der Waals surface area contributed by atoms with E-state index < -0.39 is 0 Å². The van der Waals surface area contributed by atoms with Gasteiger partial charge in [0.2, 0.25) is 0 Å². The first-order chi connectivity index (χ1) is 9.86. The summed E-state index contributed by atoms with van der Waals surface area (Å²) in [6, 6.07) is 9.76. The number of hydrogen-bond acceptors (Lipinski definition) is 1. The topological polar surface area (TPSA) is 12.0 Å². The smallest absolute Gasteiger partial charge is 0.00755 e. The predicted molar refractivity (Wildman–Crippen MR) is 86.2 cm³/mol. The van der Waals surface area contributed by atoms with Gasteiger partial charge >= 0.3 is 0 Å². The molecule has 0 aliphatic heterocycles. The molecule has 0 amide bonds. The van der Waals surface area contributed by atoms with E-state index in [2.05, 4.69) is 36.5 Å². The van der Waals surface area contributed by atoms with Crippen molar-refractivity contribution in [3.8, 4) is 0 Å². The molecule has 2 unspecified atom stereocenters. The highest BCUT2D eigenvalue weighted by atomic mass is 14.9. The van der Waals surface area contributed by atoms with E-state index in [0.29, 0.717) is 0 Å². The summed E-state index contributed by atoms with van der Waals surface area (Å²) in [5.41, 5.74) is 3.21. The van der Waals surface area contributed by atoms with Gasteiger partial charge in [-0.15, -0.1) is 0 Å². The van der Waals surface area contributed by atoms with E-state index in [1.165, 1.54) is 51.4 Å². The third kappa shape index (κ3) is 3.25. The summed E-state index contributed by atoms with van der Waals surface area (Å²) >= 11 is 0. The molecule has 1 aromatic carbocycles. The maximum atomic E-state index is 3.76. The molecule has 0 radical (unpaired) electrons. The minimum atomic E-state index is 0.737. The zero-order chi connectivity index (χ0) is 13.8. The molecule has 2 aliphatic carbocycles. The SMILES string of the molecule is CCNC(CC1CCCCC1)CC1Cc2ccccc21. The van der Waals surface area contributed by atoms with Crippen LogP contribution in [0.4, 0.5) is 0 Å². The lowest BCUT2D eigenvalue weighted by molar-refractivity contribution is 0.281. The Morgan fingerprint density at radius 3 is 2.65 bits per heavy atom. The maximum absolute atomic E-state index is 3.76. The van der Waals surface area contributed by atoms with Crippen LogP contribution in [0.1, 0.15) is 68.9 Å². The van der Waals surface area contributed by atoms with Gasteiger partial charge in [-0.1, -0.05) is 63.3 Å². The fourth-order valence-electron chi connectivity index (χ4n) is 4.29. The Morgan fingerprint density at radius 2 is 1.90 bits per heavy atom. The van der Waals surface area contributed by atoms with Gasteiger partial charge in [-0.25, -0.2) is 0 Å². The molecule has 2 atom stereocenters. The molecule has 1 saturated carbocycles. The van der Waals surface area contributed by atoms with Crippen molar-refractivity contribution in [1.29, 1.82) is 0 Å². The first-order valence-electron chi connectivity index (χ1n) is 8.68. The van der Waals surface area contributed by atoms with Crippen LogP contribution >= 0.6 is 0 Å². The van der Waals surface area contributed by atoms with Gasteiger partial charge in [0.05, 0.1) is 0 Å². The second-order valence-electron chi connectivity index (χ2n) is 6.83. The van der Waals surface area contributed by atoms with Crippen LogP contribution in [0.5, 0.6) is 0 Å². The molecule has 1 heteroatoms. The fourth-order valence-corrected chi connectivity index (χ4v) is 4.29. The Kier molecular flexibility index (Phi) is 4.77. The van der Waals surface area contributed by atoms with Crippen LogP contribution in [0.15, 0.2) is 24.3 Å². The lowest BCUT2D eigenvalue weighted by Gasteiger charge is -2.35. The van der Waals surface area contributed by atoms with Crippen molar-refractivity contribution in [2.24, 2.45) is 5.92 Å². The Morgan fingerprint density at radius 1 is 1.10 bits per heavy atom. The molecule has 1 aromatic rings. The van der Waals surface area contributed by atoms with E-state index in [1.807, 2.05) is 0 Å². The second kappa shape index (κ2) is 6.76. The quantitative estimate of drug-likeness (QED) is 0.793. The molecule has 3 rings (SSSR count). The van der Waals surface area contributed by atoms with Crippen LogP contribution in [0, 0.1) is 5.92 Å². The first-order valence-corrected chi connectivity index (χ1v) is 8.68. The first kappa shape index (κ1) is 14.1. The third-order valence-corrected chi connectivity index (χ3v) is 5.37. The number of rotatable bonds is 6. The molecular formula is C19H29N. The van der Waals surface area contributed by atoms with Crippen LogP contribution in [0.2, 0.25) is 0 Å². The monoisotopic (exact) mass is 271 g/mol. The molecule has 1 N–H and O–H groups in total. The summed E-state index contributed by atoms with van der Waals surface area (Å²) in [4.78, 5) is 0. The van der Waals surface area contributed by atoms with E-state index >= 15 is 0 Å². The van der Waals surface area contributed by atoms with Crippen LogP contribution in [0.3, 0.4) is 0 Å². The van der Waals surface area contributed by atoms with Crippen molar-refractivity contribution in [3.63, 3.8) is 0 Å². The molecule has 0 saturated heterocycles. The molecule has 0 spiro atoms. The van der Waals surface area contributed by atoms with Crippen LogP contribution in [-0.2, 0) is 6.42 Å². The molecule has 20 heavy (non-hydrogen) atoms. The number of nitrogens with one attached hydrogen (secondary N) is 1. The predicted octanol–water partition coefficient (Wildman–Crippen LogP) is 4.66. The van der Waals surface area contributed by atoms with E-state index in [4.69, 9.17) is 0 Å². The average Bonchev–Trinajstić information content (AvgIpc) is 2.46. The Labute approximate surface area is 124 Å². The van der Waals surface area contributed by atoms with Crippen molar-refractivity contribution in [2.45, 2.75) is 70.3 Å². The molecule has 2 aliphatic rings.